The van der Waals surface area contributed by atoms with E-state index in [0.717, 1.165) is 0 Å². The first kappa shape index (κ1) is 20.1. The van der Waals surface area contributed by atoms with Gasteiger partial charge in [0.25, 0.3) is 0 Å². The number of rotatable bonds is 7. The molecule has 0 atom stereocenters. The van der Waals surface area contributed by atoms with Crippen LogP contribution in [0.1, 0.15) is 6.92 Å². The van der Waals surface area contributed by atoms with Crippen LogP contribution in [0, 0.1) is 0 Å². The van der Waals surface area contributed by atoms with E-state index in [9.17, 15) is 0 Å². The molecule has 0 aromatic heterocycles. The summed E-state index contributed by atoms with van der Waals surface area (Å²) in [7, 11) is -5.27. The highest BCUT2D eigenvalue weighted by Crippen LogP contribution is 2.20. The zero-order valence-electron chi connectivity index (χ0n) is 16.5. The molecule has 0 radical (unpaired) electrons. The molecule has 0 aliphatic carbocycles. The summed E-state index contributed by atoms with van der Waals surface area (Å²) in [5.74, 6) is 0. The fourth-order valence-corrected chi connectivity index (χ4v) is 15.1. The van der Waals surface area contributed by atoms with E-state index in [0.29, 0.717) is 0 Å². The topological polar surface area (TPSA) is 9.23 Å². The highest BCUT2D eigenvalue weighted by Gasteiger charge is 2.33. The van der Waals surface area contributed by atoms with Crippen molar-refractivity contribution >= 4 is 35.1 Å². The lowest BCUT2D eigenvalue weighted by atomic mass is 10.4. The van der Waals surface area contributed by atoms with Gasteiger partial charge in [-0.05, 0) is 32.2 Å². The van der Waals surface area contributed by atoms with Gasteiger partial charge in [-0.3, -0.25) is 0 Å². The second kappa shape index (κ2) is 8.00. The molecule has 2 aromatic carbocycles. The predicted molar refractivity (Wildman–Crippen MR) is 119 cm³/mol. The molecule has 4 heteroatoms. The Balaban J connectivity index is 2.41. The van der Waals surface area contributed by atoms with Crippen molar-refractivity contribution in [3.8, 4) is 0 Å². The van der Waals surface area contributed by atoms with Crippen LogP contribution in [0.2, 0.25) is 38.8 Å². The summed E-state index contributed by atoms with van der Waals surface area (Å²) in [6.07, 6.45) is 0. The van der Waals surface area contributed by atoms with Crippen molar-refractivity contribution in [1.29, 1.82) is 0 Å². The van der Waals surface area contributed by atoms with E-state index >= 15 is 0 Å². The molecular weight excluding hydrogens is 352 g/mol. The van der Waals surface area contributed by atoms with Gasteiger partial charge >= 0.3 is 0 Å². The molecule has 0 fully saturated rings. The van der Waals surface area contributed by atoms with Gasteiger partial charge in [-0.15, -0.1) is 0 Å². The number of hydrogen-bond donors (Lipinski definition) is 0. The van der Waals surface area contributed by atoms with Crippen molar-refractivity contribution in [3.05, 3.63) is 72.1 Å². The average Bonchev–Trinajstić information content (AvgIpc) is 2.60. The Morgan fingerprint density at radius 1 is 0.720 bits per heavy atom. The summed E-state index contributed by atoms with van der Waals surface area (Å²) in [6, 6.07) is 23.1. The minimum Gasteiger partial charge on any atom is -0.453 e. The molecule has 0 aliphatic heterocycles. The van der Waals surface area contributed by atoms with E-state index in [1.165, 1.54) is 16.4 Å². The Hall–Kier alpha value is -1.21. The van der Waals surface area contributed by atoms with Crippen LogP contribution in [0.4, 0.5) is 0 Å². The predicted octanol–water partition coefficient (Wildman–Crippen LogP) is 4.96. The van der Waals surface area contributed by atoms with Crippen LogP contribution in [0.5, 0.6) is 0 Å². The Labute approximate surface area is 157 Å². The van der Waals surface area contributed by atoms with E-state index in [-0.39, 0.29) is 0 Å². The minimum atomic E-state index is -1.91. The molecule has 1 nitrogen and oxygen atoms in total. The van der Waals surface area contributed by atoms with E-state index in [1.54, 1.807) is 0 Å². The van der Waals surface area contributed by atoms with Crippen molar-refractivity contribution in [3.63, 3.8) is 0 Å². The smallest absolute Gasteiger partial charge is 0.197 e. The normalized spacial score (nSPS) is 13.4. The minimum absolute atomic E-state index is 1.17. The molecule has 25 heavy (non-hydrogen) atoms. The maximum Gasteiger partial charge on any atom is 0.197 e. The van der Waals surface area contributed by atoms with Crippen LogP contribution in [0.15, 0.2) is 72.1 Å². The van der Waals surface area contributed by atoms with Gasteiger partial charge < -0.3 is 4.12 Å². The zero-order valence-corrected chi connectivity index (χ0v) is 19.5. The first-order chi connectivity index (χ1) is 11.7. The molecule has 0 aliphatic rings. The maximum atomic E-state index is 6.65. The van der Waals surface area contributed by atoms with E-state index in [2.05, 4.69) is 112 Å². The van der Waals surface area contributed by atoms with Crippen LogP contribution in [0.25, 0.3) is 0 Å². The molecule has 2 rings (SSSR count). The van der Waals surface area contributed by atoms with Crippen molar-refractivity contribution in [1.82, 2.24) is 0 Å². The zero-order chi connectivity index (χ0) is 18.6. The maximum absolute atomic E-state index is 6.65. The van der Waals surface area contributed by atoms with Gasteiger partial charge in [-0.25, -0.2) is 0 Å². The monoisotopic (exact) mass is 384 g/mol. The highest BCUT2D eigenvalue weighted by molar-refractivity contribution is 7.05. The van der Waals surface area contributed by atoms with Gasteiger partial charge in [0.2, 0.25) is 0 Å². The Bertz CT molecular complexity index is 654. The van der Waals surface area contributed by atoms with Crippen molar-refractivity contribution in [2.24, 2.45) is 0 Å². The lowest BCUT2D eigenvalue weighted by molar-refractivity contribution is 0.556. The van der Waals surface area contributed by atoms with Crippen LogP contribution >= 0.6 is 0 Å². The third kappa shape index (κ3) is 5.38. The first-order valence-electron chi connectivity index (χ1n) is 9.20. The molecule has 0 amide bonds. The molecule has 0 N–H and O–H groups in total. The van der Waals surface area contributed by atoms with Gasteiger partial charge in [-0.1, -0.05) is 95.9 Å². The van der Waals surface area contributed by atoms with Gasteiger partial charge in [0.05, 0.1) is 0 Å². The lowest BCUT2D eigenvalue weighted by Crippen LogP contribution is -2.55. The summed E-state index contributed by atoms with van der Waals surface area (Å²) < 4.78 is 6.65. The largest absolute Gasteiger partial charge is 0.453 e. The average molecular weight is 385 g/mol. The second-order valence-corrected chi connectivity index (χ2v) is 20.6. The summed E-state index contributed by atoms with van der Waals surface area (Å²) in [6.45, 7) is 14.0. The van der Waals surface area contributed by atoms with E-state index in [4.69, 9.17) is 4.12 Å². The lowest BCUT2D eigenvalue weighted by Gasteiger charge is -2.32. The molecular formula is C21H32OSi3. The molecule has 0 saturated heterocycles. The summed E-state index contributed by atoms with van der Waals surface area (Å²) in [4.78, 5) is 0. The third-order valence-corrected chi connectivity index (χ3v) is 16.2. The molecule has 0 spiro atoms. The van der Waals surface area contributed by atoms with Gasteiger partial charge in [0, 0.05) is 0 Å². The van der Waals surface area contributed by atoms with Crippen LogP contribution < -0.4 is 10.4 Å². The first-order valence-corrected chi connectivity index (χ1v) is 17.9. The van der Waals surface area contributed by atoms with Crippen molar-refractivity contribution in [2.45, 2.75) is 45.7 Å². The Morgan fingerprint density at radius 3 is 1.56 bits per heavy atom. The molecule has 0 bridgehead atoms. The van der Waals surface area contributed by atoms with Crippen molar-refractivity contribution in [2.75, 3.05) is 0 Å². The number of hydrogen-bond acceptors (Lipinski definition) is 1. The molecule has 2 aromatic rings. The van der Waals surface area contributed by atoms with Crippen LogP contribution in [-0.4, -0.2) is 24.7 Å². The van der Waals surface area contributed by atoms with Gasteiger partial charge in [0.1, 0.15) is 8.07 Å². The summed E-state index contributed by atoms with van der Waals surface area (Å²) in [5, 5.41) is 2.91. The fraction of sp³-hybridized carbons (Fsp3) is 0.333. The summed E-state index contributed by atoms with van der Waals surface area (Å²) in [5.41, 5.74) is 4.97. The highest BCUT2D eigenvalue weighted by atomic mass is 28.4. The SMILES string of the molecule is CC[Si](C)(C)O[Si](C)(C)C=C[Si](C)(c1ccccc1)c1ccccc1. The Kier molecular flexibility index (Phi) is 6.43. The molecule has 0 heterocycles. The molecule has 0 unspecified atom stereocenters. The number of benzene rings is 2. The van der Waals surface area contributed by atoms with E-state index in [1.807, 2.05) is 0 Å². The van der Waals surface area contributed by atoms with Crippen LogP contribution in [-0.2, 0) is 4.12 Å². The molecule has 134 valence electrons. The third-order valence-electron chi connectivity index (χ3n) is 4.96. The van der Waals surface area contributed by atoms with Gasteiger partial charge in [-0.2, -0.15) is 0 Å². The fourth-order valence-electron chi connectivity index (χ4n) is 3.11. The summed E-state index contributed by atoms with van der Waals surface area (Å²) >= 11 is 0. The Morgan fingerprint density at radius 2 is 1.16 bits per heavy atom. The second-order valence-electron chi connectivity index (χ2n) is 8.09. The van der Waals surface area contributed by atoms with Crippen LogP contribution in [0.3, 0.4) is 0 Å². The standard InChI is InChI=1S/C21H32OSi3/c1-7-23(2,3)22-24(4,5)18-19-25(6,20-14-10-8-11-15-20)21-16-12-9-13-17-21/h8-19H,7H2,1-6H3. The van der Waals surface area contributed by atoms with E-state index < -0.39 is 24.7 Å². The molecule has 0 saturated carbocycles. The van der Waals surface area contributed by atoms with Crippen molar-refractivity contribution < 1.29 is 4.12 Å². The van der Waals surface area contributed by atoms with Gasteiger partial charge in [0.15, 0.2) is 16.6 Å². The quantitative estimate of drug-likeness (QED) is 0.613.